The van der Waals surface area contributed by atoms with Crippen molar-refractivity contribution in [3.63, 3.8) is 0 Å². The summed E-state index contributed by atoms with van der Waals surface area (Å²) < 4.78 is 6.02. The zero-order chi connectivity index (χ0) is 13.2. The van der Waals surface area contributed by atoms with Crippen LogP contribution in [0.4, 0.5) is 0 Å². The summed E-state index contributed by atoms with van der Waals surface area (Å²) in [4.78, 5) is 0. The molecule has 0 radical (unpaired) electrons. The van der Waals surface area contributed by atoms with E-state index in [-0.39, 0.29) is 0 Å². The Morgan fingerprint density at radius 1 is 1.21 bits per heavy atom. The van der Waals surface area contributed by atoms with Gasteiger partial charge in [0.05, 0.1) is 6.61 Å². The van der Waals surface area contributed by atoms with Crippen molar-refractivity contribution in [2.45, 2.75) is 26.3 Å². The van der Waals surface area contributed by atoms with Gasteiger partial charge in [-0.1, -0.05) is 50.2 Å². The van der Waals surface area contributed by atoms with Crippen molar-refractivity contribution in [3.05, 3.63) is 42.0 Å². The Kier molecular flexibility index (Phi) is 3.43. The van der Waals surface area contributed by atoms with E-state index in [4.69, 9.17) is 4.74 Å². The molecule has 0 saturated heterocycles. The van der Waals surface area contributed by atoms with Crippen LogP contribution in [0.15, 0.2) is 36.4 Å². The molecule has 0 aromatic heterocycles. The highest BCUT2D eigenvalue weighted by atomic mass is 16.5. The Balaban J connectivity index is 2.07. The van der Waals surface area contributed by atoms with Gasteiger partial charge in [0.1, 0.15) is 5.75 Å². The van der Waals surface area contributed by atoms with Gasteiger partial charge in [0, 0.05) is 22.9 Å². The molecule has 1 N–H and O–H groups in total. The van der Waals surface area contributed by atoms with Crippen LogP contribution >= 0.6 is 0 Å². The molecule has 1 aliphatic heterocycles. The van der Waals surface area contributed by atoms with Crippen LogP contribution in [0.3, 0.4) is 0 Å². The van der Waals surface area contributed by atoms with E-state index in [0.717, 1.165) is 25.3 Å². The van der Waals surface area contributed by atoms with E-state index < -0.39 is 0 Å². The fourth-order valence-corrected chi connectivity index (χ4v) is 2.89. The van der Waals surface area contributed by atoms with Gasteiger partial charge in [-0.3, -0.25) is 0 Å². The second-order valence-corrected chi connectivity index (χ2v) is 5.43. The van der Waals surface area contributed by atoms with E-state index in [1.165, 1.54) is 16.3 Å². The number of hydrogen-bond donors (Lipinski definition) is 1. The summed E-state index contributed by atoms with van der Waals surface area (Å²) in [6.45, 7) is 6.31. The molecule has 2 unspecified atom stereocenters. The molecule has 1 aliphatic rings. The standard InChI is InChI=1S/C17H21NO/c1-3-10-18-16-12(2)11-19-17-14-7-5-4-6-13(14)8-9-15(16)17/h4-9,12,16,18H,3,10-11H2,1-2H3. The predicted octanol–water partition coefficient (Wildman–Crippen LogP) is 3.91. The quantitative estimate of drug-likeness (QED) is 0.898. The smallest absolute Gasteiger partial charge is 0.131 e. The SMILES string of the molecule is CCCNC1c2ccc3ccccc3c2OCC1C. The highest BCUT2D eigenvalue weighted by Gasteiger charge is 2.28. The average Bonchev–Trinajstić information content (AvgIpc) is 2.46. The van der Waals surface area contributed by atoms with Crippen LogP contribution in [0, 0.1) is 5.92 Å². The number of ether oxygens (including phenoxy) is 1. The molecule has 0 spiro atoms. The predicted molar refractivity (Wildman–Crippen MR) is 79.6 cm³/mol. The van der Waals surface area contributed by atoms with Crippen molar-refractivity contribution < 1.29 is 4.74 Å². The van der Waals surface area contributed by atoms with E-state index in [1.54, 1.807) is 0 Å². The number of fused-ring (bicyclic) bond motifs is 3. The third-order valence-electron chi connectivity index (χ3n) is 3.92. The first-order valence-electron chi connectivity index (χ1n) is 7.19. The first-order valence-corrected chi connectivity index (χ1v) is 7.19. The van der Waals surface area contributed by atoms with Gasteiger partial charge >= 0.3 is 0 Å². The Bertz CT molecular complexity index is 578. The van der Waals surface area contributed by atoms with Crippen LogP contribution < -0.4 is 10.1 Å². The molecule has 3 rings (SSSR count). The van der Waals surface area contributed by atoms with E-state index in [2.05, 4.69) is 55.6 Å². The lowest BCUT2D eigenvalue weighted by molar-refractivity contribution is 0.191. The molecule has 2 heteroatoms. The molecule has 1 heterocycles. The topological polar surface area (TPSA) is 21.3 Å². The number of benzene rings is 2. The average molecular weight is 255 g/mol. The Hall–Kier alpha value is -1.54. The molecule has 0 saturated carbocycles. The third-order valence-corrected chi connectivity index (χ3v) is 3.92. The molecule has 0 amide bonds. The van der Waals surface area contributed by atoms with Crippen molar-refractivity contribution in [1.82, 2.24) is 5.32 Å². The van der Waals surface area contributed by atoms with Gasteiger partial charge in [0.15, 0.2) is 0 Å². The first-order chi connectivity index (χ1) is 9.31. The second-order valence-electron chi connectivity index (χ2n) is 5.43. The number of hydrogen-bond acceptors (Lipinski definition) is 2. The molecule has 19 heavy (non-hydrogen) atoms. The molecule has 0 fully saturated rings. The van der Waals surface area contributed by atoms with Crippen LogP contribution in [0.2, 0.25) is 0 Å². The summed E-state index contributed by atoms with van der Waals surface area (Å²) in [6, 6.07) is 13.3. The molecule has 100 valence electrons. The van der Waals surface area contributed by atoms with Crippen LogP contribution in [0.5, 0.6) is 5.75 Å². The summed E-state index contributed by atoms with van der Waals surface area (Å²) in [7, 11) is 0. The van der Waals surface area contributed by atoms with Gasteiger partial charge in [-0.15, -0.1) is 0 Å². The highest BCUT2D eigenvalue weighted by Crippen LogP contribution is 2.40. The van der Waals surface area contributed by atoms with Gasteiger partial charge in [0.2, 0.25) is 0 Å². The fourth-order valence-electron chi connectivity index (χ4n) is 2.89. The van der Waals surface area contributed by atoms with Crippen LogP contribution in [-0.4, -0.2) is 13.2 Å². The minimum absolute atomic E-state index is 0.410. The molecule has 2 atom stereocenters. The van der Waals surface area contributed by atoms with Crippen LogP contribution in [0.1, 0.15) is 31.9 Å². The van der Waals surface area contributed by atoms with Gasteiger partial charge in [-0.2, -0.15) is 0 Å². The summed E-state index contributed by atoms with van der Waals surface area (Å²) in [6.07, 6.45) is 1.16. The van der Waals surface area contributed by atoms with Gasteiger partial charge in [-0.05, 0) is 18.4 Å². The summed E-state index contributed by atoms with van der Waals surface area (Å²) in [5.41, 5.74) is 1.31. The van der Waals surface area contributed by atoms with Crippen molar-refractivity contribution in [1.29, 1.82) is 0 Å². The minimum atomic E-state index is 0.410. The number of rotatable bonds is 3. The minimum Gasteiger partial charge on any atom is -0.492 e. The maximum Gasteiger partial charge on any atom is 0.131 e. The lowest BCUT2D eigenvalue weighted by atomic mass is 9.90. The summed E-state index contributed by atoms with van der Waals surface area (Å²) >= 11 is 0. The Labute approximate surface area is 114 Å². The molecule has 0 bridgehead atoms. The Morgan fingerprint density at radius 2 is 2.05 bits per heavy atom. The zero-order valence-electron chi connectivity index (χ0n) is 11.6. The molecule has 2 nitrogen and oxygen atoms in total. The highest BCUT2D eigenvalue weighted by molar-refractivity contribution is 5.90. The normalized spacial score (nSPS) is 22.0. The van der Waals surface area contributed by atoms with Crippen molar-refractivity contribution >= 4 is 10.8 Å². The summed E-state index contributed by atoms with van der Waals surface area (Å²) in [5, 5.41) is 6.15. The third kappa shape index (κ3) is 2.21. The zero-order valence-corrected chi connectivity index (χ0v) is 11.6. The molecular formula is C17H21NO. The maximum absolute atomic E-state index is 6.02. The van der Waals surface area contributed by atoms with E-state index in [0.29, 0.717) is 12.0 Å². The fraction of sp³-hybridized carbons (Fsp3) is 0.412. The van der Waals surface area contributed by atoms with Crippen molar-refractivity contribution in [2.75, 3.05) is 13.2 Å². The van der Waals surface area contributed by atoms with Gasteiger partial charge < -0.3 is 10.1 Å². The molecular weight excluding hydrogens is 234 g/mol. The van der Waals surface area contributed by atoms with E-state index in [9.17, 15) is 0 Å². The van der Waals surface area contributed by atoms with Crippen molar-refractivity contribution in [2.24, 2.45) is 5.92 Å². The number of nitrogens with one attached hydrogen (secondary N) is 1. The van der Waals surface area contributed by atoms with Gasteiger partial charge in [0.25, 0.3) is 0 Å². The monoisotopic (exact) mass is 255 g/mol. The molecule has 2 aromatic carbocycles. The Morgan fingerprint density at radius 3 is 2.89 bits per heavy atom. The summed E-state index contributed by atoms with van der Waals surface area (Å²) in [5.74, 6) is 1.59. The lowest BCUT2D eigenvalue weighted by Crippen LogP contribution is -2.34. The lowest BCUT2D eigenvalue weighted by Gasteiger charge is -2.33. The van der Waals surface area contributed by atoms with E-state index >= 15 is 0 Å². The van der Waals surface area contributed by atoms with E-state index in [1.807, 2.05) is 0 Å². The maximum atomic E-state index is 6.02. The molecule has 0 aliphatic carbocycles. The van der Waals surface area contributed by atoms with Gasteiger partial charge in [-0.25, -0.2) is 0 Å². The second kappa shape index (κ2) is 5.22. The first kappa shape index (κ1) is 12.5. The molecule has 2 aromatic rings. The van der Waals surface area contributed by atoms with Crippen LogP contribution in [0.25, 0.3) is 10.8 Å². The van der Waals surface area contributed by atoms with Crippen LogP contribution in [-0.2, 0) is 0 Å². The van der Waals surface area contributed by atoms with Crippen molar-refractivity contribution in [3.8, 4) is 5.75 Å². The largest absolute Gasteiger partial charge is 0.492 e.